The Morgan fingerprint density at radius 1 is 1.16 bits per heavy atom. The van der Waals surface area contributed by atoms with Gasteiger partial charge >= 0.3 is 0 Å². The van der Waals surface area contributed by atoms with Gasteiger partial charge in [0, 0.05) is 38.4 Å². The standard InChI is InChI=1S/C21H30N6O4.HI/c1-6-22-21(23-11-15-7-8-17(29-3)20(31-5)19(15)30-4)26-9-10-27(18(28)14-26)16-12-24-25(2)13-16;/h7-8,12-13H,6,9-11,14H2,1-5H3,(H,22,23);1H. The summed E-state index contributed by atoms with van der Waals surface area (Å²) in [5, 5.41) is 7.44. The maximum absolute atomic E-state index is 12.8. The molecule has 1 aliphatic rings. The summed E-state index contributed by atoms with van der Waals surface area (Å²) >= 11 is 0. The van der Waals surface area contributed by atoms with Crippen LogP contribution < -0.4 is 24.4 Å². The third-order valence-corrected chi connectivity index (χ3v) is 5.04. The zero-order valence-corrected chi connectivity index (χ0v) is 21.5. The van der Waals surface area contributed by atoms with E-state index in [9.17, 15) is 4.79 Å². The molecule has 0 spiro atoms. The largest absolute Gasteiger partial charge is 0.493 e. The molecule has 10 nitrogen and oxygen atoms in total. The number of hydrogen-bond acceptors (Lipinski definition) is 6. The third-order valence-electron chi connectivity index (χ3n) is 5.04. The van der Waals surface area contributed by atoms with E-state index in [0.717, 1.165) is 11.3 Å². The summed E-state index contributed by atoms with van der Waals surface area (Å²) in [6.07, 6.45) is 3.55. The quantitative estimate of drug-likeness (QED) is 0.315. The number of nitrogens with one attached hydrogen (secondary N) is 1. The number of anilines is 1. The van der Waals surface area contributed by atoms with E-state index in [0.29, 0.717) is 49.4 Å². The Labute approximate surface area is 205 Å². The van der Waals surface area contributed by atoms with Gasteiger partial charge in [0.2, 0.25) is 11.7 Å². The predicted octanol–water partition coefficient (Wildman–Crippen LogP) is 1.88. The first-order valence-corrected chi connectivity index (χ1v) is 10.1. The maximum atomic E-state index is 12.8. The zero-order chi connectivity index (χ0) is 22.4. The van der Waals surface area contributed by atoms with Crippen molar-refractivity contribution >= 4 is 41.5 Å². The van der Waals surface area contributed by atoms with Crippen LogP contribution in [0.3, 0.4) is 0 Å². The Morgan fingerprint density at radius 3 is 2.47 bits per heavy atom. The molecule has 1 aromatic carbocycles. The summed E-state index contributed by atoms with van der Waals surface area (Å²) in [5.74, 6) is 2.39. The van der Waals surface area contributed by atoms with E-state index in [1.807, 2.05) is 37.2 Å². The molecule has 0 aliphatic carbocycles. The second-order valence-electron chi connectivity index (χ2n) is 7.00. The van der Waals surface area contributed by atoms with Crippen LogP contribution in [0.1, 0.15) is 12.5 Å². The minimum absolute atomic E-state index is 0. The number of carbonyl (C=O) groups is 1. The highest BCUT2D eigenvalue weighted by atomic mass is 127. The first kappa shape index (κ1) is 25.6. The van der Waals surface area contributed by atoms with Gasteiger partial charge in [-0.15, -0.1) is 24.0 Å². The van der Waals surface area contributed by atoms with Gasteiger partial charge in [-0.25, -0.2) is 4.99 Å². The first-order valence-electron chi connectivity index (χ1n) is 10.1. The molecule has 1 amide bonds. The number of methoxy groups -OCH3 is 3. The van der Waals surface area contributed by atoms with Crippen molar-refractivity contribution in [3.8, 4) is 17.2 Å². The third kappa shape index (κ3) is 5.56. The van der Waals surface area contributed by atoms with E-state index in [2.05, 4.69) is 10.4 Å². The lowest BCUT2D eigenvalue weighted by molar-refractivity contribution is -0.120. The summed E-state index contributed by atoms with van der Waals surface area (Å²) in [6.45, 7) is 4.52. The number of nitrogens with zero attached hydrogens (tertiary/aromatic N) is 5. The van der Waals surface area contributed by atoms with E-state index in [1.165, 1.54) is 0 Å². The molecular formula is C21H31IN6O4. The Kier molecular flexibility index (Phi) is 9.42. The van der Waals surface area contributed by atoms with Crippen LogP contribution in [0.5, 0.6) is 17.2 Å². The number of aliphatic imine (C=N–C) groups is 1. The summed E-state index contributed by atoms with van der Waals surface area (Å²) in [7, 11) is 6.58. The molecule has 0 atom stereocenters. The van der Waals surface area contributed by atoms with E-state index >= 15 is 0 Å². The summed E-state index contributed by atoms with van der Waals surface area (Å²) in [6, 6.07) is 3.73. The molecule has 2 heterocycles. The molecule has 1 aliphatic heterocycles. The number of guanidine groups is 1. The van der Waals surface area contributed by atoms with Crippen LogP contribution in [0.2, 0.25) is 0 Å². The fourth-order valence-electron chi connectivity index (χ4n) is 3.55. The number of aromatic nitrogens is 2. The second-order valence-corrected chi connectivity index (χ2v) is 7.00. The van der Waals surface area contributed by atoms with E-state index in [-0.39, 0.29) is 36.4 Å². The number of piperazine rings is 1. The van der Waals surface area contributed by atoms with Gasteiger partial charge in [0.15, 0.2) is 17.5 Å². The Morgan fingerprint density at radius 2 is 1.91 bits per heavy atom. The second kappa shape index (κ2) is 11.8. The van der Waals surface area contributed by atoms with Crippen LogP contribution in [0.4, 0.5) is 5.69 Å². The van der Waals surface area contributed by atoms with Crippen LogP contribution in [-0.2, 0) is 18.4 Å². The molecule has 176 valence electrons. The average Bonchev–Trinajstić information content (AvgIpc) is 3.21. The van der Waals surface area contributed by atoms with Crippen molar-refractivity contribution in [2.24, 2.45) is 12.0 Å². The monoisotopic (exact) mass is 558 g/mol. The van der Waals surface area contributed by atoms with Gasteiger partial charge in [-0.3, -0.25) is 9.48 Å². The SMILES string of the molecule is CCNC(=NCc1ccc(OC)c(OC)c1OC)N1CCN(c2cnn(C)c2)C(=O)C1.I. The number of amides is 1. The van der Waals surface area contributed by atoms with Crippen LogP contribution in [0.25, 0.3) is 0 Å². The molecule has 0 saturated carbocycles. The average molecular weight is 558 g/mol. The van der Waals surface area contributed by atoms with Crippen LogP contribution >= 0.6 is 24.0 Å². The molecular weight excluding hydrogens is 527 g/mol. The number of rotatable bonds is 7. The predicted molar refractivity (Wildman–Crippen MR) is 133 cm³/mol. The highest BCUT2D eigenvalue weighted by molar-refractivity contribution is 14.0. The van der Waals surface area contributed by atoms with Crippen molar-refractivity contribution in [2.45, 2.75) is 13.5 Å². The number of halogens is 1. The Bertz CT molecular complexity index is 948. The van der Waals surface area contributed by atoms with Gasteiger partial charge in [0.25, 0.3) is 0 Å². The lowest BCUT2D eigenvalue weighted by Crippen LogP contribution is -2.55. The number of hydrogen-bond donors (Lipinski definition) is 1. The molecule has 32 heavy (non-hydrogen) atoms. The highest BCUT2D eigenvalue weighted by Gasteiger charge is 2.27. The topological polar surface area (TPSA) is 93.5 Å². The fourth-order valence-corrected chi connectivity index (χ4v) is 3.55. The molecule has 1 fully saturated rings. The van der Waals surface area contributed by atoms with Crippen molar-refractivity contribution in [3.05, 3.63) is 30.1 Å². The highest BCUT2D eigenvalue weighted by Crippen LogP contribution is 2.40. The number of carbonyl (C=O) groups excluding carboxylic acids is 1. The van der Waals surface area contributed by atoms with Crippen molar-refractivity contribution in [1.29, 1.82) is 0 Å². The lowest BCUT2D eigenvalue weighted by atomic mass is 10.1. The van der Waals surface area contributed by atoms with Gasteiger partial charge in [0.1, 0.15) is 6.54 Å². The van der Waals surface area contributed by atoms with Crippen molar-refractivity contribution in [3.63, 3.8) is 0 Å². The molecule has 3 rings (SSSR count). The van der Waals surface area contributed by atoms with Crippen molar-refractivity contribution < 1.29 is 19.0 Å². The molecule has 1 N–H and O–H groups in total. The Balaban J connectivity index is 0.00000363. The van der Waals surface area contributed by atoms with E-state index in [1.54, 1.807) is 37.1 Å². The van der Waals surface area contributed by atoms with Crippen molar-refractivity contribution in [2.75, 3.05) is 52.4 Å². The molecule has 1 saturated heterocycles. The van der Waals surface area contributed by atoms with Crippen molar-refractivity contribution in [1.82, 2.24) is 20.0 Å². The van der Waals surface area contributed by atoms with Gasteiger partial charge in [-0.1, -0.05) is 0 Å². The molecule has 0 radical (unpaired) electrons. The van der Waals surface area contributed by atoms with Crippen LogP contribution in [0, 0.1) is 0 Å². The van der Waals surface area contributed by atoms with Gasteiger partial charge in [0.05, 0.1) is 39.8 Å². The fraction of sp³-hybridized carbons (Fsp3) is 0.476. The lowest BCUT2D eigenvalue weighted by Gasteiger charge is -2.35. The molecule has 1 aromatic heterocycles. The zero-order valence-electron chi connectivity index (χ0n) is 19.1. The summed E-state index contributed by atoms with van der Waals surface area (Å²) in [4.78, 5) is 21.2. The first-order chi connectivity index (χ1) is 15.0. The maximum Gasteiger partial charge on any atom is 0.246 e. The summed E-state index contributed by atoms with van der Waals surface area (Å²) < 4.78 is 18.0. The van der Waals surface area contributed by atoms with Crippen LogP contribution in [0.15, 0.2) is 29.5 Å². The number of benzene rings is 1. The Hall–Kier alpha value is -2.70. The minimum atomic E-state index is 0. The van der Waals surface area contributed by atoms with Gasteiger partial charge < -0.3 is 29.3 Å². The van der Waals surface area contributed by atoms with Gasteiger partial charge in [-0.05, 0) is 19.1 Å². The van der Waals surface area contributed by atoms with Gasteiger partial charge in [-0.2, -0.15) is 5.10 Å². The van der Waals surface area contributed by atoms with E-state index < -0.39 is 0 Å². The van der Waals surface area contributed by atoms with E-state index in [4.69, 9.17) is 19.2 Å². The minimum Gasteiger partial charge on any atom is -0.493 e. The molecule has 11 heteroatoms. The number of aryl methyl sites for hydroxylation is 1. The molecule has 2 aromatic rings. The van der Waals surface area contributed by atoms with Crippen LogP contribution in [-0.4, -0.2) is 74.1 Å². The summed E-state index contributed by atoms with van der Waals surface area (Å²) in [5.41, 5.74) is 1.67. The smallest absolute Gasteiger partial charge is 0.246 e. The molecule has 0 bridgehead atoms. The number of ether oxygens (including phenoxy) is 3. The molecule has 0 unspecified atom stereocenters. The normalized spacial score (nSPS) is 14.2.